The van der Waals surface area contributed by atoms with Gasteiger partial charge in [0, 0.05) is 29.6 Å². The molecule has 0 aliphatic rings. The van der Waals surface area contributed by atoms with E-state index in [2.05, 4.69) is 32.2 Å². The summed E-state index contributed by atoms with van der Waals surface area (Å²) in [5.74, 6) is 0.484. The molecule has 9 heteroatoms. The maximum Gasteiger partial charge on any atom is 0.573 e. The first kappa shape index (κ1) is 24.3. The molecule has 35 heavy (non-hydrogen) atoms. The molecule has 4 rings (SSSR count). The van der Waals surface area contributed by atoms with Crippen molar-refractivity contribution in [3.8, 4) is 22.8 Å². The average Bonchev–Trinajstić information content (AvgIpc) is 3.34. The Hall–Kier alpha value is -3.88. The summed E-state index contributed by atoms with van der Waals surface area (Å²) in [6.07, 6.45) is 1.88. The lowest BCUT2D eigenvalue weighted by molar-refractivity contribution is -0.274. The molecule has 0 fully saturated rings. The largest absolute Gasteiger partial charge is 0.573 e. The van der Waals surface area contributed by atoms with Crippen molar-refractivity contribution in [2.75, 3.05) is 0 Å². The lowest BCUT2D eigenvalue weighted by Crippen LogP contribution is -2.17. The number of nitrogens with zero attached hydrogens (tertiary/aromatic N) is 4. The smallest absolute Gasteiger partial charge is 0.489 e. The molecule has 0 aliphatic heterocycles. The molecule has 0 unspecified atom stereocenters. The normalized spacial score (nSPS) is 11.4. The molecule has 2 aromatic heterocycles. The van der Waals surface area contributed by atoms with Crippen LogP contribution in [-0.2, 0) is 19.6 Å². The van der Waals surface area contributed by atoms with Crippen molar-refractivity contribution < 1.29 is 22.6 Å². The molecule has 0 bridgehead atoms. The van der Waals surface area contributed by atoms with Crippen LogP contribution in [0.15, 0.2) is 73.1 Å². The van der Waals surface area contributed by atoms with Gasteiger partial charge in [0.25, 0.3) is 0 Å². The number of aromatic nitrogens is 4. The van der Waals surface area contributed by atoms with Crippen LogP contribution in [0.4, 0.5) is 13.2 Å². The van der Waals surface area contributed by atoms with Crippen LogP contribution >= 0.6 is 0 Å². The van der Waals surface area contributed by atoms with Crippen LogP contribution in [0.5, 0.6) is 11.5 Å². The Bertz CT molecular complexity index is 1230. The van der Waals surface area contributed by atoms with Crippen LogP contribution in [0, 0.1) is 6.92 Å². The first-order valence-electron chi connectivity index (χ1n) is 11.2. The van der Waals surface area contributed by atoms with Gasteiger partial charge in [0.05, 0.1) is 11.9 Å². The number of benzene rings is 2. The number of unbranched alkanes of at least 4 members (excludes halogenated alkanes) is 1. The van der Waals surface area contributed by atoms with E-state index in [1.807, 2.05) is 36.0 Å². The molecular formula is C26H25F3N4O2. The van der Waals surface area contributed by atoms with Crippen LogP contribution in [0.3, 0.4) is 0 Å². The zero-order chi connectivity index (χ0) is 24.7. The van der Waals surface area contributed by atoms with Crippen molar-refractivity contribution in [1.82, 2.24) is 20.0 Å². The molecule has 182 valence electrons. The first-order chi connectivity index (χ1) is 16.9. The van der Waals surface area contributed by atoms with Crippen molar-refractivity contribution in [3.05, 3.63) is 89.9 Å². The second-order valence-corrected chi connectivity index (χ2v) is 8.07. The number of hydrogen-bond acceptors (Lipinski definition) is 5. The van der Waals surface area contributed by atoms with E-state index in [0.717, 1.165) is 42.8 Å². The summed E-state index contributed by atoms with van der Waals surface area (Å²) in [5.41, 5.74) is 3.99. The third-order valence-corrected chi connectivity index (χ3v) is 5.45. The molecule has 0 spiro atoms. The standard InChI is InChI=1S/C26H25F3N4O2/c1-19-22(10-13-25(31-19)21-6-4-7-24(17-21)35-26(27,28)29)18-34-23-11-8-20(9-12-23)5-2-3-15-33-16-14-30-32-33/h4,6-14,16-17H,2-3,5,15,18H2,1H3. The van der Waals surface area contributed by atoms with E-state index in [1.165, 1.54) is 23.8 Å². The second-order valence-electron chi connectivity index (χ2n) is 8.07. The highest BCUT2D eigenvalue weighted by molar-refractivity contribution is 5.61. The Labute approximate surface area is 201 Å². The molecule has 0 aliphatic carbocycles. The topological polar surface area (TPSA) is 62.1 Å². The predicted octanol–water partition coefficient (Wildman–Crippen LogP) is 6.15. The third kappa shape index (κ3) is 7.30. The molecule has 4 aromatic rings. The highest BCUT2D eigenvalue weighted by Crippen LogP contribution is 2.28. The number of rotatable bonds is 10. The number of aryl methyl sites for hydroxylation is 3. The summed E-state index contributed by atoms with van der Waals surface area (Å²) in [4.78, 5) is 4.54. The van der Waals surface area contributed by atoms with Crippen LogP contribution in [-0.4, -0.2) is 26.3 Å². The summed E-state index contributed by atoms with van der Waals surface area (Å²) >= 11 is 0. The van der Waals surface area contributed by atoms with Crippen molar-refractivity contribution in [1.29, 1.82) is 0 Å². The lowest BCUT2D eigenvalue weighted by atomic mass is 10.1. The molecule has 0 saturated carbocycles. The number of ether oxygens (including phenoxy) is 2. The van der Waals surface area contributed by atoms with E-state index >= 15 is 0 Å². The van der Waals surface area contributed by atoms with Crippen molar-refractivity contribution in [2.24, 2.45) is 0 Å². The fourth-order valence-electron chi connectivity index (χ4n) is 3.62. The minimum absolute atomic E-state index is 0.277. The quantitative estimate of drug-likeness (QED) is 0.254. The van der Waals surface area contributed by atoms with Gasteiger partial charge in [-0.3, -0.25) is 9.67 Å². The zero-order valence-electron chi connectivity index (χ0n) is 19.2. The predicted molar refractivity (Wildman–Crippen MR) is 125 cm³/mol. The minimum Gasteiger partial charge on any atom is -0.489 e. The Morgan fingerprint density at radius 2 is 1.77 bits per heavy atom. The van der Waals surface area contributed by atoms with Crippen molar-refractivity contribution >= 4 is 0 Å². The number of hydrogen-bond donors (Lipinski definition) is 0. The number of halogens is 3. The van der Waals surface area contributed by atoms with Gasteiger partial charge < -0.3 is 9.47 Å². The second kappa shape index (κ2) is 11.0. The van der Waals surface area contributed by atoms with Gasteiger partial charge in [-0.05, 0) is 62.1 Å². The maximum absolute atomic E-state index is 12.5. The molecule has 0 radical (unpaired) electrons. The molecule has 0 atom stereocenters. The van der Waals surface area contributed by atoms with Gasteiger partial charge in [-0.2, -0.15) is 0 Å². The van der Waals surface area contributed by atoms with Gasteiger partial charge in [0.1, 0.15) is 18.1 Å². The van der Waals surface area contributed by atoms with Gasteiger partial charge in [-0.15, -0.1) is 18.3 Å². The molecular weight excluding hydrogens is 457 g/mol. The molecule has 0 N–H and O–H groups in total. The highest BCUT2D eigenvalue weighted by Gasteiger charge is 2.31. The van der Waals surface area contributed by atoms with Crippen molar-refractivity contribution in [3.63, 3.8) is 0 Å². The maximum atomic E-state index is 12.5. The van der Waals surface area contributed by atoms with E-state index < -0.39 is 6.36 Å². The third-order valence-electron chi connectivity index (χ3n) is 5.45. The van der Waals surface area contributed by atoms with Crippen LogP contribution in [0.1, 0.15) is 29.7 Å². The Kier molecular flexibility index (Phi) is 7.64. The molecule has 0 saturated heterocycles. The number of alkyl halides is 3. The van der Waals surface area contributed by atoms with E-state index in [4.69, 9.17) is 4.74 Å². The van der Waals surface area contributed by atoms with Crippen LogP contribution in [0.25, 0.3) is 11.3 Å². The van der Waals surface area contributed by atoms with Gasteiger partial charge in [-0.25, -0.2) is 0 Å². The van der Waals surface area contributed by atoms with Crippen LogP contribution < -0.4 is 9.47 Å². The fourth-order valence-corrected chi connectivity index (χ4v) is 3.62. The SMILES string of the molecule is Cc1nc(-c2cccc(OC(F)(F)F)c2)ccc1COc1ccc(CCCCn2ccnn2)cc1. The zero-order valence-corrected chi connectivity index (χ0v) is 19.2. The summed E-state index contributed by atoms with van der Waals surface area (Å²) in [6, 6.07) is 17.5. The van der Waals surface area contributed by atoms with Gasteiger partial charge in [0.15, 0.2) is 0 Å². The van der Waals surface area contributed by atoms with E-state index in [-0.39, 0.29) is 5.75 Å². The van der Waals surface area contributed by atoms with E-state index in [9.17, 15) is 13.2 Å². The summed E-state index contributed by atoms with van der Waals surface area (Å²) in [6.45, 7) is 3.05. The molecule has 0 amide bonds. The molecule has 2 heterocycles. The summed E-state index contributed by atoms with van der Waals surface area (Å²) in [5, 5.41) is 7.76. The Morgan fingerprint density at radius 3 is 2.49 bits per heavy atom. The first-order valence-corrected chi connectivity index (χ1v) is 11.2. The summed E-state index contributed by atoms with van der Waals surface area (Å²) in [7, 11) is 0. The van der Waals surface area contributed by atoms with E-state index in [1.54, 1.807) is 18.3 Å². The van der Waals surface area contributed by atoms with Gasteiger partial charge >= 0.3 is 6.36 Å². The van der Waals surface area contributed by atoms with Crippen molar-refractivity contribution in [2.45, 2.75) is 45.7 Å². The van der Waals surface area contributed by atoms with Gasteiger partial charge in [0.2, 0.25) is 0 Å². The van der Waals surface area contributed by atoms with E-state index in [0.29, 0.717) is 17.9 Å². The molecule has 2 aromatic carbocycles. The molecule has 6 nitrogen and oxygen atoms in total. The average molecular weight is 483 g/mol. The van der Waals surface area contributed by atoms with Gasteiger partial charge in [-0.1, -0.05) is 35.5 Å². The summed E-state index contributed by atoms with van der Waals surface area (Å²) < 4.78 is 49.3. The minimum atomic E-state index is -4.74. The Balaban J connectivity index is 1.29. The van der Waals surface area contributed by atoms with Crippen LogP contribution in [0.2, 0.25) is 0 Å². The Morgan fingerprint density at radius 1 is 0.943 bits per heavy atom. The monoisotopic (exact) mass is 482 g/mol. The lowest BCUT2D eigenvalue weighted by Gasteiger charge is -2.12. The fraction of sp³-hybridized carbons (Fsp3) is 0.269. The number of pyridine rings is 1. The highest BCUT2D eigenvalue weighted by atomic mass is 19.4.